The molecule has 3 aromatic rings. The molecule has 3 N–H and O–H groups in total. The van der Waals surface area contributed by atoms with E-state index in [1.54, 1.807) is 36.0 Å². The molecule has 0 bridgehead atoms. The second-order valence-corrected chi connectivity index (χ2v) is 16.1. The number of aliphatic hydroxyl groups is 2. The van der Waals surface area contributed by atoms with Crippen molar-refractivity contribution in [1.82, 2.24) is 5.32 Å². The summed E-state index contributed by atoms with van der Waals surface area (Å²) < 4.78 is 19.9. The smallest absolute Gasteiger partial charge is 0.412 e. The van der Waals surface area contributed by atoms with E-state index in [9.17, 15) is 25.1 Å². The van der Waals surface area contributed by atoms with Crippen molar-refractivity contribution in [2.45, 2.75) is 82.0 Å². The van der Waals surface area contributed by atoms with Crippen molar-refractivity contribution in [3.8, 4) is 11.5 Å². The van der Waals surface area contributed by atoms with Gasteiger partial charge in [0.1, 0.15) is 18.1 Å². The molecule has 3 aromatic carbocycles. The Hall–Kier alpha value is -4.69. The predicted octanol–water partition coefficient (Wildman–Crippen LogP) is 8.47. The van der Waals surface area contributed by atoms with Gasteiger partial charge in [0.15, 0.2) is 0 Å². The minimum Gasteiger partial charge on any atom is -0.460 e. The summed E-state index contributed by atoms with van der Waals surface area (Å²) in [6.45, 7) is 6.99. The second-order valence-electron chi connectivity index (χ2n) is 14.6. The molecule has 3 aliphatic rings. The van der Waals surface area contributed by atoms with E-state index in [4.69, 9.17) is 24.2 Å². The fourth-order valence-corrected chi connectivity index (χ4v) is 9.73. The lowest BCUT2D eigenvalue weighted by Gasteiger charge is -2.58. The van der Waals surface area contributed by atoms with Gasteiger partial charge in [0.25, 0.3) is 5.69 Å². The highest BCUT2D eigenvalue weighted by Crippen LogP contribution is 2.62. The minimum atomic E-state index is -1.10. The third-order valence-corrected chi connectivity index (χ3v) is 12.3. The van der Waals surface area contributed by atoms with Gasteiger partial charge >= 0.3 is 6.09 Å². The number of hydrogen-bond acceptors (Lipinski definition) is 11. The normalized spacial score (nSPS) is 24.0. The number of allylic oxidation sites excluding steroid dienone is 1. The first-order valence-electron chi connectivity index (χ1n) is 19.9. The first kappa shape index (κ1) is 41.9. The van der Waals surface area contributed by atoms with E-state index in [1.807, 2.05) is 42.5 Å². The summed E-state index contributed by atoms with van der Waals surface area (Å²) in [5.74, 6) is 0.430. The molecule has 0 aromatic heterocycles. The van der Waals surface area contributed by atoms with Crippen LogP contribution < -0.4 is 14.8 Å². The van der Waals surface area contributed by atoms with Crippen molar-refractivity contribution in [3.63, 3.8) is 0 Å². The standard InChI is InChI=1S/C44H53N3O9S/c1-3-24-53-44-40(57-4-2)27-38(46-54-29-31-16-18-33(19-17-31)47(51)52)36-25-32(14-8-10-22-48)35(15-9-11-23-49)41(42(36)44)37-26-34(20-21-39(37)56-44)55-43(50)45-28-30-12-6-5-7-13-30/h3,5-7,12-13,16-21,25-26,32,35,40-42,48-49H,1,4,8-11,14-15,22-24,27-29H2,2H3,(H,45,50). The molecule has 0 radical (unpaired) electrons. The maximum absolute atomic E-state index is 13.1. The number of non-ortho nitro benzene ring substituents is 1. The van der Waals surface area contributed by atoms with E-state index >= 15 is 0 Å². The number of fused-ring (bicyclic) bond motifs is 2. The van der Waals surface area contributed by atoms with Crippen molar-refractivity contribution in [1.29, 1.82) is 0 Å². The fraction of sp³-hybridized carbons (Fsp3) is 0.455. The van der Waals surface area contributed by atoms with Crippen LogP contribution in [0.4, 0.5) is 10.5 Å². The Kier molecular flexibility index (Phi) is 14.8. The molecule has 0 spiro atoms. The zero-order valence-electron chi connectivity index (χ0n) is 32.4. The molecule has 6 unspecified atom stereocenters. The van der Waals surface area contributed by atoms with Crippen molar-refractivity contribution in [2.24, 2.45) is 22.9 Å². The lowest BCUT2D eigenvalue weighted by atomic mass is 9.56. The van der Waals surface area contributed by atoms with Crippen LogP contribution in [-0.2, 0) is 22.7 Å². The molecule has 1 saturated carbocycles. The average molecular weight is 800 g/mol. The molecule has 1 amide bonds. The zero-order chi connectivity index (χ0) is 40.2. The summed E-state index contributed by atoms with van der Waals surface area (Å²) in [5, 5.41) is 38.3. The number of hydrogen-bond donors (Lipinski definition) is 3. The van der Waals surface area contributed by atoms with E-state index in [0.717, 1.165) is 59.4 Å². The van der Waals surface area contributed by atoms with Gasteiger partial charge < -0.3 is 34.6 Å². The van der Waals surface area contributed by atoms with Gasteiger partial charge in [-0.25, -0.2) is 4.79 Å². The number of oxime groups is 1. The van der Waals surface area contributed by atoms with E-state index in [2.05, 4.69) is 24.9 Å². The Morgan fingerprint density at radius 3 is 2.51 bits per heavy atom. The second kappa shape index (κ2) is 20.1. The largest absolute Gasteiger partial charge is 0.460 e. The Morgan fingerprint density at radius 2 is 1.81 bits per heavy atom. The number of nitrogens with zero attached hydrogens (tertiary/aromatic N) is 2. The number of nitro benzene ring substituents is 1. The summed E-state index contributed by atoms with van der Waals surface area (Å²) in [6, 6.07) is 21.4. The van der Waals surface area contributed by atoms with Crippen molar-refractivity contribution >= 4 is 29.3 Å². The topological polar surface area (TPSA) is 162 Å². The van der Waals surface area contributed by atoms with Crippen LogP contribution in [0, 0.1) is 27.9 Å². The van der Waals surface area contributed by atoms with Crippen LogP contribution in [-0.4, -0.2) is 63.6 Å². The minimum absolute atomic E-state index is 0.00535. The Morgan fingerprint density at radius 1 is 1.05 bits per heavy atom. The van der Waals surface area contributed by atoms with Crippen molar-refractivity contribution in [3.05, 3.63) is 124 Å². The van der Waals surface area contributed by atoms with E-state index in [1.165, 1.54) is 12.1 Å². The van der Waals surface area contributed by atoms with Crippen molar-refractivity contribution in [2.75, 3.05) is 25.6 Å². The maximum atomic E-state index is 13.1. The summed E-state index contributed by atoms with van der Waals surface area (Å²) in [7, 11) is 0. The average Bonchev–Trinajstić information content (AvgIpc) is 3.22. The highest BCUT2D eigenvalue weighted by Gasteiger charge is 2.63. The molecule has 1 fully saturated rings. The number of nitro groups is 1. The maximum Gasteiger partial charge on any atom is 0.412 e. The zero-order valence-corrected chi connectivity index (χ0v) is 33.2. The van der Waals surface area contributed by atoms with Gasteiger partial charge in [-0.05, 0) is 90.3 Å². The van der Waals surface area contributed by atoms with Crippen LogP contribution >= 0.6 is 11.8 Å². The van der Waals surface area contributed by atoms with Crippen LogP contribution in [0.25, 0.3) is 0 Å². The first-order valence-corrected chi connectivity index (χ1v) is 20.9. The molecule has 13 heteroatoms. The molecular weight excluding hydrogens is 747 g/mol. The summed E-state index contributed by atoms with van der Waals surface area (Å²) >= 11 is 1.74. The van der Waals surface area contributed by atoms with Crippen molar-refractivity contribution < 1.29 is 39.0 Å². The molecule has 6 rings (SSSR count). The fourth-order valence-electron chi connectivity index (χ4n) is 8.55. The lowest BCUT2D eigenvalue weighted by Crippen LogP contribution is -2.64. The molecule has 0 saturated heterocycles. The number of nitrogens with one attached hydrogen (secondary N) is 1. The first-order chi connectivity index (χ1) is 27.8. The molecule has 57 heavy (non-hydrogen) atoms. The number of unbranched alkanes of at least 4 members (excludes halogenated alkanes) is 2. The Balaban J connectivity index is 1.43. The van der Waals surface area contributed by atoms with Crippen LogP contribution in [0.2, 0.25) is 0 Å². The van der Waals surface area contributed by atoms with Gasteiger partial charge in [-0.3, -0.25) is 10.1 Å². The van der Waals surface area contributed by atoms with Gasteiger partial charge in [-0.2, -0.15) is 11.8 Å². The quantitative estimate of drug-likeness (QED) is 0.0438. The van der Waals surface area contributed by atoms with Crippen LogP contribution in [0.15, 0.2) is 102 Å². The number of thioether (sulfide) groups is 1. The third-order valence-electron chi connectivity index (χ3n) is 11.0. The summed E-state index contributed by atoms with van der Waals surface area (Å²) in [4.78, 5) is 29.9. The Bertz CT molecular complexity index is 1890. The number of amides is 1. The van der Waals surface area contributed by atoms with Gasteiger partial charge in [-0.15, -0.1) is 6.58 Å². The van der Waals surface area contributed by atoms with E-state index < -0.39 is 16.8 Å². The number of benzene rings is 3. The monoisotopic (exact) mass is 799 g/mol. The molecule has 1 aliphatic heterocycles. The van der Waals surface area contributed by atoms with E-state index in [-0.39, 0.29) is 61.0 Å². The predicted molar refractivity (Wildman–Crippen MR) is 220 cm³/mol. The molecular formula is C44H53N3O9S. The van der Waals surface area contributed by atoms with E-state index in [0.29, 0.717) is 37.3 Å². The molecule has 6 atom stereocenters. The number of carbonyl (C=O) groups excluding carboxylic acids is 1. The Labute approximate surface area is 338 Å². The number of ether oxygens (including phenoxy) is 3. The van der Waals surface area contributed by atoms with Crippen LogP contribution in [0.1, 0.15) is 74.5 Å². The highest BCUT2D eigenvalue weighted by molar-refractivity contribution is 8.00. The molecule has 12 nitrogen and oxygen atoms in total. The number of carbonyl (C=O) groups is 1. The van der Waals surface area contributed by atoms with Gasteiger partial charge in [0.05, 0.1) is 28.4 Å². The number of aliphatic hydroxyl groups excluding tert-OH is 2. The SMILES string of the molecule is C=CCOC12Oc3ccc(OC(=O)NCc4ccccc4)cc3C3C(CCCCO)C(CCCCO)C=C(C(=NOCc4ccc([N+](=O)[O-])cc4)CC1SCC)C32. The number of rotatable bonds is 20. The molecule has 2 aliphatic carbocycles. The summed E-state index contributed by atoms with van der Waals surface area (Å²) in [5.41, 5.74) is 4.38. The van der Waals surface area contributed by atoms with Gasteiger partial charge in [-0.1, -0.05) is 67.4 Å². The third kappa shape index (κ3) is 9.89. The molecule has 304 valence electrons. The van der Waals surface area contributed by atoms with Gasteiger partial charge in [0.2, 0.25) is 5.79 Å². The molecule has 1 heterocycles. The van der Waals surface area contributed by atoms with Gasteiger partial charge in [0, 0.05) is 49.8 Å². The van der Waals surface area contributed by atoms with Crippen LogP contribution in [0.5, 0.6) is 11.5 Å². The summed E-state index contributed by atoms with van der Waals surface area (Å²) in [6.07, 6.45) is 8.61. The lowest BCUT2D eigenvalue weighted by molar-refractivity contribution is -0.384. The highest BCUT2D eigenvalue weighted by atomic mass is 32.2. The van der Waals surface area contributed by atoms with Crippen LogP contribution in [0.3, 0.4) is 0 Å².